The molecule has 0 bridgehead atoms. The van der Waals surface area contributed by atoms with E-state index in [2.05, 4.69) is 0 Å². The van der Waals surface area contributed by atoms with Gasteiger partial charge in [-0.05, 0) is 18.4 Å². The Hall–Kier alpha value is -1.16. The van der Waals surface area contributed by atoms with Crippen LogP contribution in [0, 0.1) is 0 Å². The SMILES string of the molecule is CC(=O)N(CCCc1ccccc1)CP(=O)(O)O. The average molecular weight is 271 g/mol. The van der Waals surface area contributed by atoms with Gasteiger partial charge in [0.15, 0.2) is 0 Å². The standard InChI is InChI=1S/C12H18NO4P/c1-11(14)13(10-18(15,16)17)9-5-8-12-6-3-2-4-7-12/h2-4,6-7H,5,8-10H2,1H3,(H2,15,16,17). The van der Waals surface area contributed by atoms with E-state index in [1.54, 1.807) is 0 Å². The van der Waals surface area contributed by atoms with Crippen LogP contribution < -0.4 is 0 Å². The predicted molar refractivity (Wildman–Crippen MR) is 69.1 cm³/mol. The summed E-state index contributed by atoms with van der Waals surface area (Å²) in [4.78, 5) is 30.2. The highest BCUT2D eigenvalue weighted by Crippen LogP contribution is 2.35. The number of carbonyl (C=O) groups is 1. The van der Waals surface area contributed by atoms with Gasteiger partial charge < -0.3 is 14.7 Å². The van der Waals surface area contributed by atoms with Crippen molar-refractivity contribution in [1.29, 1.82) is 0 Å². The van der Waals surface area contributed by atoms with Crippen LogP contribution in [0.3, 0.4) is 0 Å². The fourth-order valence-electron chi connectivity index (χ4n) is 1.67. The van der Waals surface area contributed by atoms with Gasteiger partial charge in [-0.1, -0.05) is 30.3 Å². The third-order valence-electron chi connectivity index (χ3n) is 2.54. The van der Waals surface area contributed by atoms with Crippen molar-refractivity contribution in [3.8, 4) is 0 Å². The number of carbonyl (C=O) groups excluding carboxylic acids is 1. The molecule has 1 amide bonds. The van der Waals surface area contributed by atoms with Crippen LogP contribution in [-0.4, -0.2) is 33.4 Å². The maximum atomic E-state index is 11.2. The fourth-order valence-corrected chi connectivity index (χ4v) is 2.45. The van der Waals surface area contributed by atoms with Crippen molar-refractivity contribution >= 4 is 13.5 Å². The van der Waals surface area contributed by atoms with Crippen molar-refractivity contribution < 1.29 is 19.1 Å². The van der Waals surface area contributed by atoms with Crippen LogP contribution in [0.2, 0.25) is 0 Å². The quantitative estimate of drug-likeness (QED) is 0.770. The molecule has 0 aliphatic heterocycles. The second-order valence-corrected chi connectivity index (χ2v) is 5.79. The van der Waals surface area contributed by atoms with Gasteiger partial charge in [-0.2, -0.15) is 0 Å². The van der Waals surface area contributed by atoms with Gasteiger partial charge in [0.2, 0.25) is 5.91 Å². The summed E-state index contributed by atoms with van der Waals surface area (Å²) < 4.78 is 10.9. The number of hydrogen-bond donors (Lipinski definition) is 2. The van der Waals surface area contributed by atoms with Gasteiger partial charge in [-0.3, -0.25) is 9.36 Å². The number of rotatable bonds is 6. The molecule has 0 spiro atoms. The van der Waals surface area contributed by atoms with Crippen LogP contribution in [0.15, 0.2) is 30.3 Å². The summed E-state index contributed by atoms with van der Waals surface area (Å²) in [5, 5.41) is 0. The number of nitrogens with zero attached hydrogens (tertiary/aromatic N) is 1. The van der Waals surface area contributed by atoms with Gasteiger partial charge in [0.25, 0.3) is 0 Å². The second kappa shape index (κ2) is 6.69. The van der Waals surface area contributed by atoms with Crippen LogP contribution in [0.5, 0.6) is 0 Å². The normalized spacial score (nSPS) is 11.3. The second-order valence-electron chi connectivity index (χ2n) is 4.18. The molecule has 0 atom stereocenters. The van der Waals surface area contributed by atoms with Gasteiger partial charge in [0, 0.05) is 13.5 Å². The molecule has 0 aliphatic carbocycles. The van der Waals surface area contributed by atoms with Gasteiger partial charge in [0.05, 0.1) is 0 Å². The molecule has 0 heterocycles. The Morgan fingerprint density at radius 3 is 2.39 bits per heavy atom. The molecule has 100 valence electrons. The molecule has 0 saturated carbocycles. The molecule has 18 heavy (non-hydrogen) atoms. The highest BCUT2D eigenvalue weighted by atomic mass is 31.2. The van der Waals surface area contributed by atoms with Crippen molar-refractivity contribution in [2.24, 2.45) is 0 Å². The van der Waals surface area contributed by atoms with Gasteiger partial charge in [0.1, 0.15) is 6.29 Å². The van der Waals surface area contributed by atoms with E-state index in [4.69, 9.17) is 9.79 Å². The zero-order chi connectivity index (χ0) is 13.6. The first-order valence-corrected chi connectivity index (χ1v) is 7.52. The van der Waals surface area contributed by atoms with E-state index in [0.717, 1.165) is 12.0 Å². The molecular weight excluding hydrogens is 253 g/mol. The van der Waals surface area contributed by atoms with Gasteiger partial charge in [-0.15, -0.1) is 0 Å². The Morgan fingerprint density at radius 1 is 1.28 bits per heavy atom. The Bertz CT molecular complexity index is 429. The van der Waals surface area contributed by atoms with E-state index in [9.17, 15) is 9.36 Å². The molecule has 5 nitrogen and oxygen atoms in total. The van der Waals surface area contributed by atoms with Crippen LogP contribution in [-0.2, 0) is 15.8 Å². The van der Waals surface area contributed by atoms with Crippen LogP contribution in [0.1, 0.15) is 18.9 Å². The summed E-state index contributed by atoms with van der Waals surface area (Å²) in [5.41, 5.74) is 1.15. The fraction of sp³-hybridized carbons (Fsp3) is 0.417. The first kappa shape index (κ1) is 14.9. The Kier molecular flexibility index (Phi) is 5.54. The molecule has 6 heteroatoms. The zero-order valence-corrected chi connectivity index (χ0v) is 11.2. The van der Waals surface area contributed by atoms with E-state index in [0.29, 0.717) is 13.0 Å². The van der Waals surface area contributed by atoms with Crippen molar-refractivity contribution in [3.05, 3.63) is 35.9 Å². The van der Waals surface area contributed by atoms with Gasteiger partial charge in [-0.25, -0.2) is 0 Å². The van der Waals surface area contributed by atoms with Crippen LogP contribution >= 0.6 is 7.60 Å². The summed E-state index contributed by atoms with van der Waals surface area (Å²) in [6.45, 7) is 1.67. The summed E-state index contributed by atoms with van der Waals surface area (Å²) in [5.74, 6) is -0.314. The van der Waals surface area contributed by atoms with Gasteiger partial charge >= 0.3 is 7.60 Å². The minimum atomic E-state index is -4.18. The highest BCUT2D eigenvalue weighted by Gasteiger charge is 2.20. The smallest absolute Gasteiger partial charge is 0.331 e. The topological polar surface area (TPSA) is 77.8 Å². The number of aryl methyl sites for hydroxylation is 1. The van der Waals surface area contributed by atoms with Crippen molar-refractivity contribution in [1.82, 2.24) is 4.90 Å². The molecule has 1 rings (SSSR count). The lowest BCUT2D eigenvalue weighted by Gasteiger charge is -2.21. The maximum absolute atomic E-state index is 11.2. The Balaban J connectivity index is 2.44. The Morgan fingerprint density at radius 2 is 1.89 bits per heavy atom. The van der Waals surface area contributed by atoms with Crippen molar-refractivity contribution in [2.45, 2.75) is 19.8 Å². The molecule has 0 radical (unpaired) electrons. The molecule has 2 N–H and O–H groups in total. The molecule has 1 aromatic carbocycles. The lowest BCUT2D eigenvalue weighted by molar-refractivity contribution is -0.128. The monoisotopic (exact) mass is 271 g/mol. The predicted octanol–water partition coefficient (Wildman–Crippen LogP) is 1.60. The molecule has 0 aromatic heterocycles. The van der Waals surface area contributed by atoms with Crippen LogP contribution in [0.4, 0.5) is 0 Å². The summed E-state index contributed by atoms with van der Waals surface area (Å²) in [6, 6.07) is 9.78. The Labute approximate surface area is 107 Å². The molecule has 0 aliphatic rings. The molecule has 0 saturated heterocycles. The number of benzene rings is 1. The molecule has 0 unspecified atom stereocenters. The number of amides is 1. The van der Waals surface area contributed by atoms with E-state index < -0.39 is 13.9 Å². The van der Waals surface area contributed by atoms with E-state index >= 15 is 0 Å². The van der Waals surface area contributed by atoms with E-state index in [1.807, 2.05) is 30.3 Å². The third-order valence-corrected chi connectivity index (χ3v) is 3.25. The zero-order valence-electron chi connectivity index (χ0n) is 10.3. The molecule has 1 aromatic rings. The summed E-state index contributed by atoms with van der Waals surface area (Å²) in [6.07, 6.45) is 0.965. The van der Waals surface area contributed by atoms with Crippen molar-refractivity contribution in [3.63, 3.8) is 0 Å². The summed E-state index contributed by atoms with van der Waals surface area (Å²) in [7, 11) is -4.18. The minimum absolute atomic E-state index is 0.314. The first-order valence-electron chi connectivity index (χ1n) is 5.72. The minimum Gasteiger partial charge on any atom is -0.331 e. The third kappa shape index (κ3) is 5.96. The lowest BCUT2D eigenvalue weighted by Crippen LogP contribution is -2.31. The lowest BCUT2D eigenvalue weighted by atomic mass is 10.1. The maximum Gasteiger partial charge on any atom is 0.344 e. The summed E-state index contributed by atoms with van der Waals surface area (Å²) >= 11 is 0. The van der Waals surface area contributed by atoms with Crippen LogP contribution in [0.25, 0.3) is 0 Å². The highest BCUT2D eigenvalue weighted by molar-refractivity contribution is 7.51. The first-order chi connectivity index (χ1) is 8.38. The van der Waals surface area contributed by atoms with E-state index in [1.165, 1.54) is 11.8 Å². The van der Waals surface area contributed by atoms with E-state index in [-0.39, 0.29) is 5.91 Å². The average Bonchev–Trinajstić information content (AvgIpc) is 2.27. The largest absolute Gasteiger partial charge is 0.344 e. The number of hydrogen-bond acceptors (Lipinski definition) is 2. The van der Waals surface area contributed by atoms with Crippen molar-refractivity contribution in [2.75, 3.05) is 12.8 Å². The molecular formula is C12H18NO4P. The molecule has 0 fully saturated rings.